The largest absolute Gasteiger partial charge is 0.355 e. The third-order valence-corrected chi connectivity index (χ3v) is 2.60. The fraction of sp³-hybridized carbons (Fsp3) is 0.429. The van der Waals surface area contributed by atoms with E-state index in [4.69, 9.17) is 5.26 Å². The third kappa shape index (κ3) is 4.28. The smallest absolute Gasteiger partial charge is 0.241 e. The summed E-state index contributed by atoms with van der Waals surface area (Å²) >= 11 is 0. The lowest BCUT2D eigenvalue weighted by Crippen LogP contribution is -2.29. The molecular weight excluding hydrogens is 212 g/mol. The van der Waals surface area contributed by atoms with Crippen LogP contribution in [-0.2, 0) is 4.79 Å². The Morgan fingerprint density at radius 2 is 2.06 bits per heavy atom. The molecule has 0 bridgehead atoms. The van der Waals surface area contributed by atoms with E-state index in [2.05, 4.69) is 12.2 Å². The van der Waals surface area contributed by atoms with Gasteiger partial charge in [0.25, 0.3) is 0 Å². The van der Waals surface area contributed by atoms with E-state index in [0.29, 0.717) is 6.54 Å². The molecule has 0 aliphatic rings. The summed E-state index contributed by atoms with van der Waals surface area (Å²) in [5.74, 6) is -0.896. The van der Waals surface area contributed by atoms with Crippen LogP contribution in [0.25, 0.3) is 0 Å². The number of nitrogens with zero attached hydrogens (tertiary/aromatic N) is 1. The van der Waals surface area contributed by atoms with E-state index in [1.807, 2.05) is 24.3 Å². The first-order valence-corrected chi connectivity index (χ1v) is 6.02. The summed E-state index contributed by atoms with van der Waals surface area (Å²) in [7, 11) is 0. The van der Waals surface area contributed by atoms with Crippen LogP contribution >= 0.6 is 0 Å². The van der Waals surface area contributed by atoms with Gasteiger partial charge in [-0.2, -0.15) is 5.26 Å². The topological polar surface area (TPSA) is 52.9 Å². The van der Waals surface area contributed by atoms with E-state index in [9.17, 15) is 4.79 Å². The first-order chi connectivity index (χ1) is 8.29. The first-order valence-electron chi connectivity index (χ1n) is 6.02. The fourth-order valence-corrected chi connectivity index (χ4v) is 1.62. The Bertz CT molecular complexity index is 381. The number of hydrogen-bond donors (Lipinski definition) is 1. The average Bonchev–Trinajstić information content (AvgIpc) is 2.37. The van der Waals surface area contributed by atoms with Crippen LogP contribution in [0.2, 0.25) is 0 Å². The Hall–Kier alpha value is -1.82. The molecule has 0 aromatic heterocycles. The van der Waals surface area contributed by atoms with Gasteiger partial charge in [0.05, 0.1) is 6.07 Å². The number of amides is 1. The molecule has 0 saturated carbocycles. The van der Waals surface area contributed by atoms with Crippen molar-refractivity contribution in [3.63, 3.8) is 0 Å². The molecule has 3 heteroatoms. The maximum atomic E-state index is 11.8. The number of carbonyl (C=O) groups excluding carboxylic acids is 1. The van der Waals surface area contributed by atoms with Crippen molar-refractivity contribution in [1.29, 1.82) is 5.26 Å². The van der Waals surface area contributed by atoms with Gasteiger partial charge in [0.15, 0.2) is 0 Å². The molecule has 1 rings (SSSR count). The number of hydrogen-bond acceptors (Lipinski definition) is 2. The van der Waals surface area contributed by atoms with E-state index in [1.165, 1.54) is 0 Å². The number of rotatable bonds is 6. The number of nitrogens with one attached hydrogen (secondary N) is 1. The van der Waals surface area contributed by atoms with Crippen LogP contribution in [0.3, 0.4) is 0 Å². The molecule has 1 N–H and O–H groups in total. The fourth-order valence-electron chi connectivity index (χ4n) is 1.62. The molecule has 0 radical (unpaired) electrons. The molecule has 90 valence electrons. The maximum absolute atomic E-state index is 11.8. The molecular formula is C14H18N2O. The minimum Gasteiger partial charge on any atom is -0.355 e. The van der Waals surface area contributed by atoms with Crippen molar-refractivity contribution in [2.45, 2.75) is 32.1 Å². The van der Waals surface area contributed by atoms with Gasteiger partial charge in [0, 0.05) is 6.54 Å². The molecule has 0 spiro atoms. The molecule has 17 heavy (non-hydrogen) atoms. The Balaban J connectivity index is 2.52. The molecule has 1 amide bonds. The third-order valence-electron chi connectivity index (χ3n) is 2.60. The van der Waals surface area contributed by atoms with Crippen molar-refractivity contribution < 1.29 is 4.79 Å². The first kappa shape index (κ1) is 13.2. The van der Waals surface area contributed by atoms with Crippen LogP contribution in [0.15, 0.2) is 30.3 Å². The van der Waals surface area contributed by atoms with Gasteiger partial charge >= 0.3 is 0 Å². The lowest BCUT2D eigenvalue weighted by Gasteiger charge is -2.10. The van der Waals surface area contributed by atoms with E-state index < -0.39 is 5.92 Å². The summed E-state index contributed by atoms with van der Waals surface area (Å²) in [6.45, 7) is 2.77. The highest BCUT2D eigenvalue weighted by Crippen LogP contribution is 2.14. The maximum Gasteiger partial charge on any atom is 0.241 e. The normalized spacial score (nSPS) is 11.5. The quantitative estimate of drug-likeness (QED) is 0.764. The number of nitriles is 1. The molecule has 0 aliphatic heterocycles. The summed E-state index contributed by atoms with van der Waals surface area (Å²) in [6, 6.07) is 11.2. The van der Waals surface area contributed by atoms with Crippen molar-refractivity contribution in [2.24, 2.45) is 0 Å². The van der Waals surface area contributed by atoms with Gasteiger partial charge in [-0.3, -0.25) is 4.79 Å². The highest BCUT2D eigenvalue weighted by Gasteiger charge is 2.18. The SMILES string of the molecule is CCCCCNC(=O)C(C#N)c1ccccc1. The van der Waals surface area contributed by atoms with Gasteiger partial charge in [-0.15, -0.1) is 0 Å². The molecule has 1 aromatic carbocycles. The molecule has 3 nitrogen and oxygen atoms in total. The summed E-state index contributed by atoms with van der Waals surface area (Å²) < 4.78 is 0. The molecule has 1 atom stereocenters. The molecule has 1 unspecified atom stereocenters. The zero-order chi connectivity index (χ0) is 12.5. The van der Waals surface area contributed by atoms with Crippen LogP contribution in [0, 0.1) is 11.3 Å². The molecule has 1 aromatic rings. The van der Waals surface area contributed by atoms with Gasteiger partial charge in [0.2, 0.25) is 5.91 Å². The van der Waals surface area contributed by atoms with Crippen molar-refractivity contribution in [3.05, 3.63) is 35.9 Å². The monoisotopic (exact) mass is 230 g/mol. The second-order valence-corrected chi connectivity index (χ2v) is 3.97. The molecule has 0 saturated heterocycles. The van der Waals surface area contributed by atoms with E-state index in [0.717, 1.165) is 24.8 Å². The molecule has 0 fully saturated rings. The van der Waals surface area contributed by atoms with Crippen molar-refractivity contribution in [3.8, 4) is 6.07 Å². The standard InChI is InChI=1S/C14H18N2O/c1-2-3-7-10-16-14(17)13(11-15)12-8-5-4-6-9-12/h4-6,8-9,13H,2-3,7,10H2,1H3,(H,16,17). The van der Waals surface area contributed by atoms with E-state index >= 15 is 0 Å². The van der Waals surface area contributed by atoms with Gasteiger partial charge < -0.3 is 5.32 Å². The lowest BCUT2D eigenvalue weighted by atomic mass is 10.00. The Kier molecular flexibility index (Phi) is 5.81. The zero-order valence-corrected chi connectivity index (χ0v) is 10.1. The van der Waals surface area contributed by atoms with Crippen molar-refractivity contribution in [1.82, 2.24) is 5.32 Å². The van der Waals surface area contributed by atoms with E-state index in [-0.39, 0.29) is 5.91 Å². The summed E-state index contributed by atoms with van der Waals surface area (Å²) in [6.07, 6.45) is 3.19. The van der Waals surface area contributed by atoms with Crippen LogP contribution in [0.5, 0.6) is 0 Å². The second-order valence-electron chi connectivity index (χ2n) is 3.97. The van der Waals surface area contributed by atoms with Crippen LogP contribution < -0.4 is 5.32 Å². The Morgan fingerprint density at radius 3 is 2.65 bits per heavy atom. The minimum atomic E-state index is -0.696. The highest BCUT2D eigenvalue weighted by molar-refractivity contribution is 5.86. The van der Waals surface area contributed by atoms with Crippen LogP contribution in [0.1, 0.15) is 37.7 Å². The lowest BCUT2D eigenvalue weighted by molar-refractivity contribution is -0.121. The van der Waals surface area contributed by atoms with E-state index in [1.54, 1.807) is 12.1 Å². The molecule has 0 heterocycles. The van der Waals surface area contributed by atoms with Gasteiger partial charge in [0.1, 0.15) is 5.92 Å². The highest BCUT2D eigenvalue weighted by atomic mass is 16.1. The average molecular weight is 230 g/mol. The number of carbonyl (C=O) groups is 1. The Labute approximate surface area is 102 Å². The summed E-state index contributed by atoms with van der Waals surface area (Å²) in [5, 5.41) is 11.8. The van der Waals surface area contributed by atoms with Gasteiger partial charge in [-0.25, -0.2) is 0 Å². The van der Waals surface area contributed by atoms with Crippen molar-refractivity contribution >= 4 is 5.91 Å². The predicted octanol–water partition coefficient (Wildman–Crippen LogP) is 2.60. The van der Waals surface area contributed by atoms with Crippen LogP contribution in [0.4, 0.5) is 0 Å². The molecule has 0 aliphatic carbocycles. The second kappa shape index (κ2) is 7.45. The zero-order valence-electron chi connectivity index (χ0n) is 10.1. The van der Waals surface area contributed by atoms with Crippen molar-refractivity contribution in [2.75, 3.05) is 6.54 Å². The summed E-state index contributed by atoms with van der Waals surface area (Å²) in [5.41, 5.74) is 0.753. The van der Waals surface area contributed by atoms with Crippen LogP contribution in [-0.4, -0.2) is 12.5 Å². The minimum absolute atomic E-state index is 0.199. The number of unbranched alkanes of at least 4 members (excludes halogenated alkanes) is 2. The number of benzene rings is 1. The van der Waals surface area contributed by atoms with Gasteiger partial charge in [-0.05, 0) is 12.0 Å². The Morgan fingerprint density at radius 1 is 1.35 bits per heavy atom. The predicted molar refractivity (Wildman–Crippen MR) is 67.3 cm³/mol. The van der Waals surface area contributed by atoms with Gasteiger partial charge in [-0.1, -0.05) is 50.1 Å². The summed E-state index contributed by atoms with van der Waals surface area (Å²) in [4.78, 5) is 11.8.